The van der Waals surface area contributed by atoms with Gasteiger partial charge in [0, 0.05) is 43.8 Å². The number of alkyl halides is 3. The highest BCUT2D eigenvalue weighted by molar-refractivity contribution is 7.90. The number of piperidine rings is 1. The standard InChI is InChI=1S/C19H20F3N5O6S/c20-19(21,22)12-6-14(16(24-8-12)27-5-1-2-11(9-27)10-28)17(29)25-13-3-4-23-15(7-13)34(32,33)26-18(30)31/h3-4,6-8,11,26,28H,1-2,5,9-10H2,(H,30,31)(H,23,25,29). The summed E-state index contributed by atoms with van der Waals surface area (Å²) in [5.74, 6) is -1.15. The molecular weight excluding hydrogens is 483 g/mol. The number of anilines is 2. The SMILES string of the molecule is O=C(O)NS(=O)(=O)c1cc(NC(=O)c2cc(C(F)(F)F)cnc2N2CCCC(CO)C2)ccn1. The minimum absolute atomic E-state index is 0.0157. The Labute approximate surface area is 191 Å². The van der Waals surface area contributed by atoms with Crippen molar-refractivity contribution in [2.45, 2.75) is 24.0 Å². The monoisotopic (exact) mass is 503 g/mol. The Morgan fingerprint density at radius 2 is 1.97 bits per heavy atom. The second-order valence-corrected chi connectivity index (χ2v) is 9.11. The van der Waals surface area contributed by atoms with E-state index in [2.05, 4.69) is 15.3 Å². The van der Waals surface area contributed by atoms with Crippen LogP contribution < -0.4 is 14.9 Å². The predicted molar refractivity (Wildman–Crippen MR) is 112 cm³/mol. The zero-order chi connectivity index (χ0) is 25.1. The molecule has 1 unspecified atom stereocenters. The van der Waals surface area contributed by atoms with Gasteiger partial charge in [-0.3, -0.25) is 4.79 Å². The number of aliphatic hydroxyl groups excluding tert-OH is 1. The summed E-state index contributed by atoms with van der Waals surface area (Å²) in [6.07, 6.45) is -3.67. The van der Waals surface area contributed by atoms with Crippen LogP contribution in [-0.2, 0) is 16.2 Å². The Balaban J connectivity index is 1.96. The minimum Gasteiger partial charge on any atom is -0.464 e. The Morgan fingerprint density at radius 3 is 2.62 bits per heavy atom. The van der Waals surface area contributed by atoms with Gasteiger partial charge in [0.15, 0.2) is 5.03 Å². The first kappa shape index (κ1) is 25.2. The summed E-state index contributed by atoms with van der Waals surface area (Å²) in [5, 5.41) is 19.7. The van der Waals surface area contributed by atoms with Gasteiger partial charge in [-0.2, -0.15) is 21.6 Å². The number of sulfonamides is 1. The molecular formula is C19H20F3N5O6S. The topological polar surface area (TPSA) is 162 Å². The van der Waals surface area contributed by atoms with Crippen LogP contribution in [0.15, 0.2) is 35.6 Å². The van der Waals surface area contributed by atoms with Crippen LogP contribution in [0.1, 0.15) is 28.8 Å². The quantitative estimate of drug-likeness (QED) is 0.461. The molecule has 2 amide bonds. The zero-order valence-electron chi connectivity index (χ0n) is 17.4. The van der Waals surface area contributed by atoms with Gasteiger partial charge in [-0.05, 0) is 30.9 Å². The summed E-state index contributed by atoms with van der Waals surface area (Å²) < 4.78 is 65.1. The first-order valence-corrected chi connectivity index (χ1v) is 11.3. The van der Waals surface area contributed by atoms with Crippen molar-refractivity contribution in [3.8, 4) is 0 Å². The fourth-order valence-electron chi connectivity index (χ4n) is 3.44. The molecule has 0 bridgehead atoms. The molecule has 0 aromatic carbocycles. The maximum Gasteiger partial charge on any atom is 0.418 e. The smallest absolute Gasteiger partial charge is 0.418 e. The highest BCUT2D eigenvalue weighted by Crippen LogP contribution is 2.33. The number of rotatable bonds is 6. The van der Waals surface area contributed by atoms with Crippen molar-refractivity contribution < 1.29 is 41.4 Å². The van der Waals surface area contributed by atoms with Gasteiger partial charge >= 0.3 is 12.3 Å². The highest BCUT2D eigenvalue weighted by atomic mass is 32.2. The summed E-state index contributed by atoms with van der Waals surface area (Å²) in [5.41, 5.74) is -1.71. The lowest BCUT2D eigenvalue weighted by molar-refractivity contribution is -0.137. The molecule has 1 atom stereocenters. The number of hydrogen-bond donors (Lipinski definition) is 4. The number of hydrogen-bond acceptors (Lipinski definition) is 8. The van der Waals surface area contributed by atoms with E-state index in [4.69, 9.17) is 5.11 Å². The van der Waals surface area contributed by atoms with Crippen molar-refractivity contribution in [1.29, 1.82) is 0 Å². The molecule has 0 aliphatic carbocycles. The fourth-order valence-corrected chi connectivity index (χ4v) is 4.25. The molecule has 1 fully saturated rings. The van der Waals surface area contributed by atoms with Crippen LogP contribution in [0.4, 0.5) is 29.5 Å². The zero-order valence-corrected chi connectivity index (χ0v) is 18.2. The van der Waals surface area contributed by atoms with E-state index < -0.39 is 44.4 Å². The number of halogens is 3. The van der Waals surface area contributed by atoms with Gasteiger partial charge in [0.2, 0.25) is 0 Å². The molecule has 34 heavy (non-hydrogen) atoms. The van der Waals surface area contributed by atoms with Crippen LogP contribution in [0.25, 0.3) is 0 Å². The minimum atomic E-state index is -4.77. The lowest BCUT2D eigenvalue weighted by atomic mass is 9.98. The van der Waals surface area contributed by atoms with Gasteiger partial charge in [0.25, 0.3) is 15.9 Å². The van der Waals surface area contributed by atoms with Gasteiger partial charge in [-0.15, -0.1) is 0 Å². The van der Waals surface area contributed by atoms with Gasteiger partial charge in [0.1, 0.15) is 5.82 Å². The normalized spacial score (nSPS) is 16.7. The van der Waals surface area contributed by atoms with Crippen LogP contribution >= 0.6 is 0 Å². The molecule has 184 valence electrons. The number of nitrogens with zero attached hydrogens (tertiary/aromatic N) is 3. The molecule has 15 heteroatoms. The molecule has 1 saturated heterocycles. The van der Waals surface area contributed by atoms with E-state index >= 15 is 0 Å². The van der Waals surface area contributed by atoms with Crippen LogP contribution in [0, 0.1) is 5.92 Å². The highest BCUT2D eigenvalue weighted by Gasteiger charge is 2.34. The molecule has 1 aliphatic rings. The third-order valence-corrected chi connectivity index (χ3v) is 6.22. The van der Waals surface area contributed by atoms with Crippen molar-refractivity contribution in [3.63, 3.8) is 0 Å². The van der Waals surface area contributed by atoms with E-state index in [1.165, 1.54) is 10.8 Å². The van der Waals surface area contributed by atoms with Crippen molar-refractivity contribution >= 4 is 33.5 Å². The number of carboxylic acid groups (broad SMARTS) is 1. The summed E-state index contributed by atoms with van der Waals surface area (Å²) >= 11 is 0. The molecule has 1 aliphatic heterocycles. The summed E-state index contributed by atoms with van der Waals surface area (Å²) in [6, 6.07) is 2.68. The van der Waals surface area contributed by atoms with E-state index in [1.54, 1.807) is 4.90 Å². The molecule has 2 aromatic heterocycles. The van der Waals surface area contributed by atoms with Gasteiger partial charge in [-0.25, -0.2) is 19.5 Å². The average molecular weight is 503 g/mol. The van der Waals surface area contributed by atoms with Crippen LogP contribution in [0.2, 0.25) is 0 Å². The molecule has 3 rings (SSSR count). The second-order valence-electron chi connectivity index (χ2n) is 7.48. The molecule has 11 nitrogen and oxygen atoms in total. The Hall–Kier alpha value is -3.46. The van der Waals surface area contributed by atoms with Crippen molar-refractivity contribution in [2.24, 2.45) is 5.92 Å². The first-order chi connectivity index (χ1) is 15.9. The van der Waals surface area contributed by atoms with Crippen molar-refractivity contribution in [3.05, 3.63) is 41.7 Å². The second kappa shape index (κ2) is 9.80. The number of carbonyl (C=O) groups is 2. The Kier molecular flexibility index (Phi) is 7.26. The molecule has 3 heterocycles. The summed E-state index contributed by atoms with van der Waals surface area (Å²) in [4.78, 5) is 32.7. The molecule has 0 spiro atoms. The largest absolute Gasteiger partial charge is 0.464 e. The molecule has 4 N–H and O–H groups in total. The van der Waals surface area contributed by atoms with Crippen LogP contribution in [0.3, 0.4) is 0 Å². The lowest BCUT2D eigenvalue weighted by Crippen LogP contribution is -2.38. The number of aliphatic hydroxyl groups is 1. The number of pyridine rings is 2. The van der Waals surface area contributed by atoms with Crippen molar-refractivity contribution in [1.82, 2.24) is 14.7 Å². The third-order valence-electron chi connectivity index (χ3n) is 5.01. The number of amides is 2. The van der Waals surface area contributed by atoms with Crippen LogP contribution in [0.5, 0.6) is 0 Å². The Morgan fingerprint density at radius 1 is 1.24 bits per heavy atom. The van der Waals surface area contributed by atoms with E-state index in [9.17, 15) is 36.3 Å². The van der Waals surface area contributed by atoms with E-state index in [0.717, 1.165) is 12.3 Å². The molecule has 0 radical (unpaired) electrons. The molecule has 0 saturated carbocycles. The maximum absolute atomic E-state index is 13.3. The van der Waals surface area contributed by atoms with Gasteiger partial charge in [0.05, 0.1) is 11.1 Å². The number of nitrogens with one attached hydrogen (secondary N) is 2. The Bertz CT molecular complexity index is 1190. The summed E-state index contributed by atoms with van der Waals surface area (Å²) in [7, 11) is -4.55. The van der Waals surface area contributed by atoms with Gasteiger partial charge in [-0.1, -0.05) is 0 Å². The van der Waals surface area contributed by atoms with Crippen LogP contribution in [-0.4, -0.2) is 60.3 Å². The summed E-state index contributed by atoms with van der Waals surface area (Å²) in [6.45, 7) is 0.568. The molecule has 2 aromatic rings. The van der Waals surface area contributed by atoms with E-state index in [-0.39, 0.29) is 30.6 Å². The van der Waals surface area contributed by atoms with Crippen molar-refractivity contribution in [2.75, 3.05) is 29.9 Å². The maximum atomic E-state index is 13.3. The number of aromatic nitrogens is 2. The predicted octanol–water partition coefficient (Wildman–Crippen LogP) is 1.91. The lowest BCUT2D eigenvalue weighted by Gasteiger charge is -2.33. The first-order valence-electron chi connectivity index (χ1n) is 9.87. The van der Waals surface area contributed by atoms with E-state index in [1.807, 2.05) is 0 Å². The van der Waals surface area contributed by atoms with E-state index in [0.29, 0.717) is 31.6 Å². The average Bonchev–Trinajstić information content (AvgIpc) is 2.77. The fraction of sp³-hybridized carbons (Fsp3) is 0.368. The van der Waals surface area contributed by atoms with Gasteiger partial charge < -0.3 is 20.4 Å². The third kappa shape index (κ3) is 5.91. The number of carbonyl (C=O) groups excluding carboxylic acids is 1.